The van der Waals surface area contributed by atoms with Gasteiger partial charge in [0, 0.05) is 62.7 Å². The van der Waals surface area contributed by atoms with E-state index in [-0.39, 0.29) is 0 Å². The molecule has 3 aromatic rings. The molecule has 5 heteroatoms. The maximum absolute atomic E-state index is 4.84. The van der Waals surface area contributed by atoms with Crippen molar-refractivity contribution in [2.45, 2.75) is 39.8 Å². The highest BCUT2D eigenvalue weighted by Gasteiger charge is 2.22. The van der Waals surface area contributed by atoms with Crippen LogP contribution in [0.3, 0.4) is 0 Å². The molecule has 0 saturated heterocycles. The first-order chi connectivity index (χ1) is 13.1. The third-order valence-electron chi connectivity index (χ3n) is 5.41. The van der Waals surface area contributed by atoms with Crippen molar-refractivity contribution in [2.75, 3.05) is 13.1 Å². The molecule has 5 nitrogen and oxygen atoms in total. The topological polar surface area (TPSA) is 38.9 Å². The number of fused-ring (bicyclic) bond motifs is 1. The van der Waals surface area contributed by atoms with E-state index >= 15 is 0 Å². The van der Waals surface area contributed by atoms with Gasteiger partial charge >= 0.3 is 0 Å². The third kappa shape index (κ3) is 3.83. The summed E-state index contributed by atoms with van der Waals surface area (Å²) in [7, 11) is 2.08. The molecular formula is C22H29N5. The van der Waals surface area contributed by atoms with E-state index in [1.54, 1.807) is 0 Å². The molecule has 0 bridgehead atoms. The van der Waals surface area contributed by atoms with Crippen LogP contribution in [0.4, 0.5) is 0 Å². The van der Waals surface area contributed by atoms with Crippen molar-refractivity contribution >= 4 is 0 Å². The summed E-state index contributed by atoms with van der Waals surface area (Å²) in [4.78, 5) is 6.94. The van der Waals surface area contributed by atoms with E-state index in [9.17, 15) is 0 Å². The quantitative estimate of drug-likeness (QED) is 0.696. The summed E-state index contributed by atoms with van der Waals surface area (Å²) in [6.07, 6.45) is 6.09. The van der Waals surface area contributed by atoms with Gasteiger partial charge in [-0.1, -0.05) is 44.2 Å². The van der Waals surface area contributed by atoms with Gasteiger partial charge in [0.15, 0.2) is 0 Å². The zero-order chi connectivity index (χ0) is 18.8. The normalized spacial score (nSPS) is 15.1. The Morgan fingerprint density at radius 2 is 1.85 bits per heavy atom. The van der Waals surface area contributed by atoms with Gasteiger partial charge in [-0.15, -0.1) is 0 Å². The van der Waals surface area contributed by atoms with Crippen molar-refractivity contribution in [3.8, 4) is 11.3 Å². The molecule has 0 fully saturated rings. The molecule has 1 aliphatic rings. The highest BCUT2D eigenvalue weighted by atomic mass is 15.3. The van der Waals surface area contributed by atoms with Gasteiger partial charge in [-0.3, -0.25) is 9.58 Å². The second-order valence-electron chi connectivity index (χ2n) is 7.97. The maximum Gasteiger partial charge on any atom is 0.0958 e. The van der Waals surface area contributed by atoms with Gasteiger partial charge in [0.2, 0.25) is 0 Å². The van der Waals surface area contributed by atoms with E-state index in [1.165, 1.54) is 22.5 Å². The predicted octanol–water partition coefficient (Wildman–Crippen LogP) is 3.54. The zero-order valence-corrected chi connectivity index (χ0v) is 16.6. The Hall–Kier alpha value is -2.40. The van der Waals surface area contributed by atoms with Crippen LogP contribution in [0.1, 0.15) is 30.8 Å². The van der Waals surface area contributed by atoms with Crippen molar-refractivity contribution < 1.29 is 0 Å². The zero-order valence-electron chi connectivity index (χ0n) is 16.6. The van der Waals surface area contributed by atoms with Gasteiger partial charge in [0.25, 0.3) is 0 Å². The lowest BCUT2D eigenvalue weighted by Gasteiger charge is -2.21. The van der Waals surface area contributed by atoms with Crippen molar-refractivity contribution in [2.24, 2.45) is 13.0 Å². The average molecular weight is 364 g/mol. The molecule has 2 aromatic heterocycles. The molecule has 0 aliphatic carbocycles. The Labute approximate surface area is 161 Å². The first-order valence-corrected chi connectivity index (χ1v) is 9.93. The molecule has 27 heavy (non-hydrogen) atoms. The summed E-state index contributed by atoms with van der Waals surface area (Å²) in [5.74, 6) is 0.630. The van der Waals surface area contributed by atoms with Crippen LogP contribution in [0.15, 0.2) is 42.9 Å². The lowest BCUT2D eigenvalue weighted by molar-refractivity contribution is 0.269. The molecule has 3 heterocycles. The fourth-order valence-electron chi connectivity index (χ4n) is 4.08. The fourth-order valence-corrected chi connectivity index (χ4v) is 4.08. The summed E-state index contributed by atoms with van der Waals surface area (Å²) < 4.78 is 4.39. The minimum Gasteiger partial charge on any atom is -0.333 e. The Morgan fingerprint density at radius 3 is 2.63 bits per heavy atom. The van der Waals surface area contributed by atoms with Gasteiger partial charge in [0.05, 0.1) is 17.7 Å². The van der Waals surface area contributed by atoms with Crippen LogP contribution < -0.4 is 0 Å². The molecule has 0 atom stereocenters. The Bertz CT molecular complexity index is 891. The van der Waals surface area contributed by atoms with E-state index in [0.29, 0.717) is 5.92 Å². The second kappa shape index (κ2) is 7.69. The lowest BCUT2D eigenvalue weighted by atomic mass is 10.0. The molecule has 0 N–H and O–H groups in total. The monoisotopic (exact) mass is 363 g/mol. The average Bonchev–Trinajstić information content (AvgIpc) is 3.14. The molecule has 1 aromatic carbocycles. The van der Waals surface area contributed by atoms with Crippen LogP contribution in [-0.4, -0.2) is 37.3 Å². The summed E-state index contributed by atoms with van der Waals surface area (Å²) >= 11 is 0. The number of aromatic nitrogens is 4. The first-order valence-electron chi connectivity index (χ1n) is 9.93. The van der Waals surface area contributed by atoms with Gasteiger partial charge in [-0.2, -0.15) is 5.10 Å². The van der Waals surface area contributed by atoms with E-state index in [1.807, 2.05) is 12.5 Å². The molecule has 0 spiro atoms. The molecule has 0 unspecified atom stereocenters. The van der Waals surface area contributed by atoms with Crippen LogP contribution in [0.2, 0.25) is 0 Å². The smallest absolute Gasteiger partial charge is 0.0958 e. The molecule has 1 aliphatic heterocycles. The molecular weight excluding hydrogens is 334 g/mol. The van der Waals surface area contributed by atoms with Gasteiger partial charge in [0.1, 0.15) is 0 Å². The Morgan fingerprint density at radius 1 is 1.07 bits per heavy atom. The molecule has 142 valence electrons. The molecule has 4 rings (SSSR count). The summed E-state index contributed by atoms with van der Waals surface area (Å²) in [5, 5.41) is 4.84. The standard InChI is InChI=1S/C22H29N5/c1-17(2)14-27-16-23-13-19(27)15-26-11-9-20-21(10-12-26)25(3)24-22(20)18-7-5-4-6-8-18/h4-8,13,16-17H,9-12,14-15H2,1-3H3. The van der Waals surface area contributed by atoms with Crippen molar-refractivity contribution in [3.05, 3.63) is 59.8 Å². The third-order valence-corrected chi connectivity index (χ3v) is 5.41. The first kappa shape index (κ1) is 18.0. The van der Waals surface area contributed by atoms with Gasteiger partial charge < -0.3 is 4.57 Å². The highest BCUT2D eigenvalue weighted by molar-refractivity contribution is 5.64. The van der Waals surface area contributed by atoms with Crippen LogP contribution in [0.25, 0.3) is 11.3 Å². The SMILES string of the molecule is CC(C)Cn1cncc1CN1CCc2c(-c3ccccc3)nn(C)c2CC1. The fraction of sp³-hybridized carbons (Fsp3) is 0.455. The maximum atomic E-state index is 4.84. The largest absolute Gasteiger partial charge is 0.333 e. The summed E-state index contributed by atoms with van der Waals surface area (Å²) in [5.41, 5.74) is 6.49. The Balaban J connectivity index is 1.52. The molecule has 0 saturated carbocycles. The number of benzene rings is 1. The van der Waals surface area contributed by atoms with Crippen molar-refractivity contribution in [1.82, 2.24) is 24.2 Å². The summed E-state index contributed by atoms with van der Waals surface area (Å²) in [6, 6.07) is 10.6. The highest BCUT2D eigenvalue weighted by Crippen LogP contribution is 2.28. The second-order valence-corrected chi connectivity index (χ2v) is 7.97. The van der Waals surface area contributed by atoms with Gasteiger partial charge in [-0.25, -0.2) is 4.98 Å². The van der Waals surface area contributed by atoms with Crippen molar-refractivity contribution in [3.63, 3.8) is 0 Å². The number of hydrogen-bond acceptors (Lipinski definition) is 3. The van der Waals surface area contributed by atoms with E-state index in [4.69, 9.17) is 5.10 Å². The number of imidazole rings is 1. The van der Waals surface area contributed by atoms with Crippen LogP contribution >= 0.6 is 0 Å². The molecule has 0 radical (unpaired) electrons. The van der Waals surface area contributed by atoms with E-state index < -0.39 is 0 Å². The Kier molecular flexibility index (Phi) is 5.12. The predicted molar refractivity (Wildman–Crippen MR) is 108 cm³/mol. The van der Waals surface area contributed by atoms with Crippen molar-refractivity contribution in [1.29, 1.82) is 0 Å². The minimum atomic E-state index is 0.630. The number of hydrogen-bond donors (Lipinski definition) is 0. The number of nitrogens with zero attached hydrogens (tertiary/aromatic N) is 5. The van der Waals surface area contributed by atoms with E-state index in [0.717, 1.165) is 44.7 Å². The van der Waals surface area contributed by atoms with Crippen LogP contribution in [-0.2, 0) is 33.0 Å². The molecule has 0 amide bonds. The van der Waals surface area contributed by atoms with Crippen LogP contribution in [0.5, 0.6) is 0 Å². The van der Waals surface area contributed by atoms with Crippen LogP contribution in [0, 0.1) is 5.92 Å². The van der Waals surface area contributed by atoms with Gasteiger partial charge in [-0.05, 0) is 12.3 Å². The lowest BCUT2D eigenvalue weighted by Crippen LogP contribution is -2.27. The van der Waals surface area contributed by atoms with E-state index in [2.05, 4.69) is 70.4 Å². The number of rotatable bonds is 5. The minimum absolute atomic E-state index is 0.630. The summed E-state index contributed by atoms with van der Waals surface area (Å²) in [6.45, 7) is 8.63. The number of aryl methyl sites for hydroxylation is 1.